The van der Waals surface area contributed by atoms with Crippen LogP contribution < -0.4 is 10.2 Å². The Labute approximate surface area is 205 Å². The lowest BCUT2D eigenvalue weighted by Crippen LogP contribution is -2.36. The van der Waals surface area contributed by atoms with Gasteiger partial charge in [-0.3, -0.25) is 9.59 Å². The molecule has 1 aliphatic heterocycles. The number of amides is 1. The molecule has 0 radical (unpaired) electrons. The van der Waals surface area contributed by atoms with Crippen LogP contribution in [0.4, 0.5) is 14.7 Å². The molecule has 1 unspecified atom stereocenters. The molecule has 2 N–H and O–H groups in total. The van der Waals surface area contributed by atoms with E-state index in [2.05, 4.69) is 15.3 Å². The van der Waals surface area contributed by atoms with Crippen molar-refractivity contribution in [2.75, 3.05) is 4.90 Å². The van der Waals surface area contributed by atoms with Crippen LogP contribution >= 0.6 is 0 Å². The molecule has 1 fully saturated rings. The lowest BCUT2D eigenvalue weighted by molar-refractivity contribution is -0.116. The summed E-state index contributed by atoms with van der Waals surface area (Å²) in [5.74, 6) is -1.25. The van der Waals surface area contributed by atoms with Gasteiger partial charge in [0.05, 0.1) is 29.2 Å². The number of ketones is 1. The number of fused-ring (bicyclic) bond motifs is 2. The fourth-order valence-electron chi connectivity index (χ4n) is 4.94. The van der Waals surface area contributed by atoms with E-state index >= 15 is 0 Å². The van der Waals surface area contributed by atoms with Gasteiger partial charge in [0.25, 0.3) is 5.91 Å². The van der Waals surface area contributed by atoms with Gasteiger partial charge in [-0.2, -0.15) is 0 Å². The van der Waals surface area contributed by atoms with Crippen LogP contribution in [-0.2, 0) is 16.1 Å². The maximum Gasteiger partial charge on any atom is 0.254 e. The number of hydrogen-bond acceptors (Lipinski definition) is 4. The zero-order valence-electron chi connectivity index (χ0n) is 19.4. The van der Waals surface area contributed by atoms with E-state index in [9.17, 15) is 18.4 Å². The average molecular weight is 485 g/mol. The molecule has 3 aromatic carbocycles. The van der Waals surface area contributed by atoms with Crippen molar-refractivity contribution >= 4 is 34.2 Å². The monoisotopic (exact) mass is 484 g/mol. The number of aromatic nitrogens is 2. The van der Waals surface area contributed by atoms with Crippen molar-refractivity contribution < 1.29 is 18.4 Å². The van der Waals surface area contributed by atoms with Crippen molar-refractivity contribution in [3.8, 4) is 0 Å². The van der Waals surface area contributed by atoms with E-state index in [1.807, 2.05) is 24.3 Å². The molecule has 6 nitrogen and oxygen atoms in total. The number of para-hydroxylation sites is 2. The van der Waals surface area contributed by atoms with E-state index in [-0.39, 0.29) is 17.9 Å². The summed E-state index contributed by atoms with van der Waals surface area (Å²) in [6.45, 7) is 1.98. The molecule has 0 saturated heterocycles. The third kappa shape index (κ3) is 3.75. The summed E-state index contributed by atoms with van der Waals surface area (Å²) in [6.07, 6.45) is 0.315. The van der Waals surface area contributed by atoms with Gasteiger partial charge < -0.3 is 15.2 Å². The first-order valence-corrected chi connectivity index (χ1v) is 11.7. The highest BCUT2D eigenvalue weighted by Gasteiger charge is 2.44. The first-order chi connectivity index (χ1) is 17.4. The predicted molar refractivity (Wildman–Crippen MR) is 132 cm³/mol. The first kappa shape index (κ1) is 22.2. The quantitative estimate of drug-likeness (QED) is 0.416. The minimum Gasteiger partial charge on any atom is -0.344 e. The van der Waals surface area contributed by atoms with Crippen LogP contribution in [0.15, 0.2) is 72.4 Å². The summed E-state index contributed by atoms with van der Waals surface area (Å²) >= 11 is 0. The molecule has 0 bridgehead atoms. The van der Waals surface area contributed by atoms with Gasteiger partial charge in [0.1, 0.15) is 17.4 Å². The molecule has 2 heterocycles. The number of imidazole rings is 1. The average Bonchev–Trinajstić information content (AvgIpc) is 3.42. The Bertz CT molecular complexity index is 1540. The summed E-state index contributed by atoms with van der Waals surface area (Å²) in [6, 6.07) is 17.4. The lowest BCUT2D eigenvalue weighted by Gasteiger charge is -2.32. The summed E-state index contributed by atoms with van der Waals surface area (Å²) in [5.41, 5.74) is 3.82. The molecule has 0 spiro atoms. The Morgan fingerprint density at radius 1 is 1.11 bits per heavy atom. The van der Waals surface area contributed by atoms with E-state index < -0.39 is 29.5 Å². The molecule has 4 aromatic rings. The largest absolute Gasteiger partial charge is 0.344 e. The van der Waals surface area contributed by atoms with Crippen LogP contribution in [0.1, 0.15) is 36.1 Å². The van der Waals surface area contributed by atoms with Gasteiger partial charge in [-0.1, -0.05) is 36.4 Å². The SMILES string of the molecule is CC1=C(C(=O)N[C@H](c2cccc(F)c2)C2CC2=O)c2cccc(F)c2CN1c1nc2ccccc2[nH]1. The van der Waals surface area contributed by atoms with Crippen molar-refractivity contribution in [3.63, 3.8) is 0 Å². The summed E-state index contributed by atoms with van der Waals surface area (Å²) in [4.78, 5) is 35.5. The van der Waals surface area contributed by atoms with Gasteiger partial charge in [0.2, 0.25) is 5.95 Å². The van der Waals surface area contributed by atoms with Gasteiger partial charge in [0.15, 0.2) is 0 Å². The van der Waals surface area contributed by atoms with Gasteiger partial charge >= 0.3 is 0 Å². The van der Waals surface area contributed by atoms with Crippen molar-refractivity contribution in [2.45, 2.75) is 25.9 Å². The fourth-order valence-corrected chi connectivity index (χ4v) is 4.94. The van der Waals surface area contributed by atoms with Gasteiger partial charge in [-0.25, -0.2) is 13.8 Å². The third-order valence-corrected chi connectivity index (χ3v) is 6.90. The van der Waals surface area contributed by atoms with Gasteiger partial charge in [0, 0.05) is 23.6 Å². The molecular formula is C28H22F2N4O2. The molecule has 8 heteroatoms. The molecule has 180 valence electrons. The van der Waals surface area contributed by atoms with Crippen LogP contribution in [0.5, 0.6) is 0 Å². The lowest BCUT2D eigenvalue weighted by atomic mass is 9.92. The second kappa shape index (κ2) is 8.41. The molecule has 2 aliphatic rings. The van der Waals surface area contributed by atoms with E-state index in [1.165, 1.54) is 18.2 Å². The highest BCUT2D eigenvalue weighted by Crippen LogP contribution is 2.40. The van der Waals surface area contributed by atoms with Crippen LogP contribution in [0.2, 0.25) is 0 Å². The maximum absolute atomic E-state index is 15.0. The van der Waals surface area contributed by atoms with E-state index in [0.717, 1.165) is 11.0 Å². The number of benzene rings is 3. The van der Waals surface area contributed by atoms with E-state index in [0.29, 0.717) is 34.8 Å². The second-order valence-electron chi connectivity index (χ2n) is 9.17. The molecule has 1 aliphatic carbocycles. The number of anilines is 1. The number of aromatic amines is 1. The van der Waals surface area contributed by atoms with E-state index in [4.69, 9.17) is 0 Å². The number of rotatable bonds is 5. The van der Waals surface area contributed by atoms with Crippen molar-refractivity contribution in [1.29, 1.82) is 0 Å². The second-order valence-corrected chi connectivity index (χ2v) is 9.17. The normalized spacial score (nSPS) is 17.8. The number of nitrogens with zero attached hydrogens (tertiary/aromatic N) is 2. The summed E-state index contributed by atoms with van der Waals surface area (Å²) in [7, 11) is 0. The van der Waals surface area contributed by atoms with Crippen molar-refractivity contribution in [2.24, 2.45) is 5.92 Å². The Kier molecular flexibility index (Phi) is 5.17. The highest BCUT2D eigenvalue weighted by molar-refractivity contribution is 6.22. The molecule has 1 aromatic heterocycles. The van der Waals surface area contributed by atoms with Gasteiger partial charge in [-0.05, 0) is 48.4 Å². The Morgan fingerprint density at radius 3 is 2.64 bits per heavy atom. The summed E-state index contributed by atoms with van der Waals surface area (Å²) < 4.78 is 29.0. The molecular weight excluding hydrogens is 462 g/mol. The number of Topliss-reactive ketones (excluding diaryl/α,β-unsaturated/α-hetero) is 1. The minimum atomic E-state index is -0.681. The molecule has 2 atom stereocenters. The number of halogens is 2. The Balaban J connectivity index is 1.43. The standard InChI is InChI=1S/C28H22F2N4O2/c1-15-25(27(36)33-26(19-13-24(19)35)16-6-4-7-17(29)12-16)18-8-5-9-21(30)20(18)14-34(15)28-31-22-10-2-3-11-23(22)32-28/h2-12,19,26H,13-14H2,1H3,(H,31,32)(H,33,36)/t19?,26-/m1/s1. The van der Waals surface area contributed by atoms with Gasteiger partial charge in [-0.15, -0.1) is 0 Å². The number of hydrogen-bond donors (Lipinski definition) is 2. The van der Waals surface area contributed by atoms with Crippen molar-refractivity contribution in [1.82, 2.24) is 15.3 Å². The van der Waals surface area contributed by atoms with Crippen LogP contribution in [0, 0.1) is 17.6 Å². The van der Waals surface area contributed by atoms with E-state index in [1.54, 1.807) is 36.1 Å². The highest BCUT2D eigenvalue weighted by atomic mass is 19.1. The van der Waals surface area contributed by atoms with Crippen LogP contribution in [0.3, 0.4) is 0 Å². The topological polar surface area (TPSA) is 78.1 Å². The van der Waals surface area contributed by atoms with Crippen LogP contribution in [0.25, 0.3) is 16.6 Å². The summed E-state index contributed by atoms with van der Waals surface area (Å²) in [5, 5.41) is 2.95. The molecule has 1 saturated carbocycles. The zero-order chi connectivity index (χ0) is 25.0. The zero-order valence-corrected chi connectivity index (χ0v) is 19.4. The number of carbonyl (C=O) groups is 2. The minimum absolute atomic E-state index is 0.00857. The Morgan fingerprint density at radius 2 is 1.89 bits per heavy atom. The number of nitrogens with one attached hydrogen (secondary N) is 2. The predicted octanol–water partition coefficient (Wildman–Crippen LogP) is 5.04. The maximum atomic E-state index is 15.0. The van der Waals surface area contributed by atoms with Crippen LogP contribution in [-0.4, -0.2) is 21.7 Å². The Hall–Kier alpha value is -4.33. The van der Waals surface area contributed by atoms with Crippen molar-refractivity contribution in [3.05, 3.63) is 101 Å². The molecule has 6 rings (SSSR count). The molecule has 36 heavy (non-hydrogen) atoms. The number of H-pyrrole nitrogens is 1. The fraction of sp³-hybridized carbons (Fsp3) is 0.179. The number of allylic oxidation sites excluding steroid dienone is 1. The molecule has 1 amide bonds. The smallest absolute Gasteiger partial charge is 0.254 e. The first-order valence-electron chi connectivity index (χ1n) is 11.7. The third-order valence-electron chi connectivity index (χ3n) is 6.90. The number of carbonyl (C=O) groups excluding carboxylic acids is 2.